The van der Waals surface area contributed by atoms with Crippen LogP contribution in [-0.2, 0) is 16.4 Å². The average Bonchev–Trinajstić information content (AvgIpc) is 2.60. The molecule has 0 saturated heterocycles. The Morgan fingerprint density at radius 3 is 2.30 bits per heavy atom. The van der Waals surface area contributed by atoms with Crippen molar-refractivity contribution in [1.29, 1.82) is 0 Å². The summed E-state index contributed by atoms with van der Waals surface area (Å²) in [5, 5.41) is 3.81. The van der Waals surface area contributed by atoms with Gasteiger partial charge in [0.1, 0.15) is 10.6 Å². The maximum absolute atomic E-state index is 12.4. The predicted octanol–water partition coefficient (Wildman–Crippen LogP) is 3.22. The van der Waals surface area contributed by atoms with Gasteiger partial charge in [-0.15, -0.1) is 0 Å². The number of nitrogens with one attached hydrogen (secondary N) is 1. The minimum atomic E-state index is -3.75. The molecule has 2 aromatic carbocycles. The molecule has 27 heavy (non-hydrogen) atoms. The van der Waals surface area contributed by atoms with Gasteiger partial charge >= 0.3 is 0 Å². The Morgan fingerprint density at radius 1 is 1.11 bits per heavy atom. The Balaban J connectivity index is 2.14. The fraction of sp³-hybridized carbons (Fsp3) is 0.278. The van der Waals surface area contributed by atoms with E-state index in [0.29, 0.717) is 23.0 Å². The van der Waals surface area contributed by atoms with Crippen molar-refractivity contribution in [2.24, 2.45) is 0 Å². The zero-order valence-corrected chi connectivity index (χ0v) is 17.5. The summed E-state index contributed by atoms with van der Waals surface area (Å²) >= 11 is 11.9. The molecule has 0 radical (unpaired) electrons. The molecule has 6 nitrogen and oxygen atoms in total. The summed E-state index contributed by atoms with van der Waals surface area (Å²) in [5.41, 5.74) is 1.11. The molecule has 2 rings (SSSR count). The number of benzene rings is 2. The second-order valence-electron chi connectivity index (χ2n) is 5.94. The third-order valence-corrected chi connectivity index (χ3v) is 6.08. The number of carbonyl (C=O) groups is 1. The van der Waals surface area contributed by atoms with E-state index in [4.69, 9.17) is 27.9 Å². The lowest BCUT2D eigenvalue weighted by molar-refractivity contribution is 0.0954. The smallest absolute Gasteiger partial charge is 0.251 e. The molecule has 2 aromatic rings. The second-order valence-corrected chi connectivity index (χ2v) is 8.93. The van der Waals surface area contributed by atoms with Crippen LogP contribution in [0.2, 0.25) is 10.0 Å². The van der Waals surface area contributed by atoms with E-state index >= 15 is 0 Å². The molecule has 146 valence electrons. The van der Waals surface area contributed by atoms with Gasteiger partial charge in [-0.05, 0) is 48.4 Å². The van der Waals surface area contributed by atoms with Gasteiger partial charge in [0, 0.05) is 36.2 Å². The van der Waals surface area contributed by atoms with Crippen LogP contribution in [0.1, 0.15) is 15.9 Å². The normalized spacial score (nSPS) is 11.5. The number of nitrogens with zero attached hydrogens (tertiary/aromatic N) is 1. The summed E-state index contributed by atoms with van der Waals surface area (Å²) in [7, 11) is 0.454. The van der Waals surface area contributed by atoms with E-state index in [1.54, 1.807) is 18.2 Å². The van der Waals surface area contributed by atoms with Gasteiger partial charge in [-0.1, -0.05) is 23.2 Å². The minimum Gasteiger partial charge on any atom is -0.495 e. The van der Waals surface area contributed by atoms with Gasteiger partial charge in [0.05, 0.1) is 7.11 Å². The van der Waals surface area contributed by atoms with Gasteiger partial charge in [-0.2, -0.15) is 0 Å². The number of sulfonamides is 1. The first-order valence-electron chi connectivity index (χ1n) is 7.99. The molecule has 0 atom stereocenters. The highest BCUT2D eigenvalue weighted by Crippen LogP contribution is 2.27. The summed E-state index contributed by atoms with van der Waals surface area (Å²) in [6.45, 7) is 0.345. The molecule has 0 unspecified atom stereocenters. The van der Waals surface area contributed by atoms with E-state index in [1.807, 2.05) is 0 Å². The van der Waals surface area contributed by atoms with Crippen molar-refractivity contribution in [3.8, 4) is 5.75 Å². The topological polar surface area (TPSA) is 75.7 Å². The number of rotatable bonds is 7. The zero-order valence-electron chi connectivity index (χ0n) is 15.1. The number of hydrogen-bond acceptors (Lipinski definition) is 4. The number of halogens is 2. The quantitative estimate of drug-likeness (QED) is 0.731. The summed E-state index contributed by atoms with van der Waals surface area (Å²) in [4.78, 5) is 12.3. The molecule has 1 amide bonds. The van der Waals surface area contributed by atoms with Gasteiger partial charge in [-0.3, -0.25) is 4.79 Å². The van der Waals surface area contributed by atoms with E-state index in [2.05, 4.69) is 5.32 Å². The summed E-state index contributed by atoms with van der Waals surface area (Å²) in [6, 6.07) is 9.46. The molecular weight excluding hydrogens is 411 g/mol. The van der Waals surface area contributed by atoms with Gasteiger partial charge < -0.3 is 10.1 Å². The van der Waals surface area contributed by atoms with Gasteiger partial charge in [-0.25, -0.2) is 12.7 Å². The maximum atomic E-state index is 12.4. The van der Waals surface area contributed by atoms with Crippen LogP contribution in [0, 0.1) is 0 Å². The highest BCUT2D eigenvalue weighted by atomic mass is 35.5. The number of amides is 1. The zero-order chi connectivity index (χ0) is 20.2. The van der Waals surface area contributed by atoms with Crippen LogP contribution < -0.4 is 10.1 Å². The Bertz CT molecular complexity index is 926. The first-order valence-corrected chi connectivity index (χ1v) is 10.2. The van der Waals surface area contributed by atoms with E-state index in [-0.39, 0.29) is 22.1 Å². The Morgan fingerprint density at radius 2 is 1.74 bits per heavy atom. The third-order valence-electron chi connectivity index (χ3n) is 3.81. The van der Waals surface area contributed by atoms with E-state index in [9.17, 15) is 13.2 Å². The first-order chi connectivity index (χ1) is 12.6. The second kappa shape index (κ2) is 8.93. The Labute approximate surface area is 169 Å². The van der Waals surface area contributed by atoms with Crippen molar-refractivity contribution >= 4 is 39.1 Å². The minimum absolute atomic E-state index is 0.0655. The lowest BCUT2D eigenvalue weighted by Crippen LogP contribution is -2.27. The SMILES string of the molecule is COc1ccc(C(=O)NCCc2cc(Cl)cc(Cl)c2)cc1S(=O)(=O)N(C)C. The average molecular weight is 431 g/mol. The number of ether oxygens (including phenoxy) is 1. The van der Waals surface area contributed by atoms with Crippen molar-refractivity contribution in [3.63, 3.8) is 0 Å². The fourth-order valence-corrected chi connectivity index (χ4v) is 4.04. The van der Waals surface area contributed by atoms with Crippen LogP contribution in [0.5, 0.6) is 5.75 Å². The standard InChI is InChI=1S/C18H20Cl2N2O4S/c1-22(2)27(24,25)17-10-13(4-5-16(17)26-3)18(23)21-7-6-12-8-14(19)11-15(20)9-12/h4-5,8-11H,6-7H2,1-3H3,(H,21,23). The molecule has 0 aliphatic heterocycles. The lowest BCUT2D eigenvalue weighted by atomic mass is 10.1. The molecule has 0 aromatic heterocycles. The molecular formula is C18H20Cl2N2O4S. The maximum Gasteiger partial charge on any atom is 0.251 e. The number of methoxy groups -OCH3 is 1. The van der Waals surface area contributed by atoms with Crippen molar-refractivity contribution in [2.45, 2.75) is 11.3 Å². The van der Waals surface area contributed by atoms with Crippen molar-refractivity contribution in [3.05, 3.63) is 57.6 Å². The first kappa shape index (κ1) is 21.5. The Hall–Kier alpha value is -1.80. The van der Waals surface area contributed by atoms with Gasteiger partial charge in [0.25, 0.3) is 5.91 Å². The van der Waals surface area contributed by atoms with Crippen molar-refractivity contribution in [2.75, 3.05) is 27.7 Å². The molecule has 0 saturated carbocycles. The fourth-order valence-electron chi connectivity index (χ4n) is 2.39. The third kappa shape index (κ3) is 5.35. The van der Waals surface area contributed by atoms with Crippen LogP contribution in [0.4, 0.5) is 0 Å². The van der Waals surface area contributed by atoms with Gasteiger partial charge in [0.15, 0.2) is 0 Å². The highest BCUT2D eigenvalue weighted by molar-refractivity contribution is 7.89. The number of hydrogen-bond donors (Lipinski definition) is 1. The van der Waals surface area contributed by atoms with Crippen LogP contribution in [0.3, 0.4) is 0 Å². The van der Waals surface area contributed by atoms with Crippen LogP contribution >= 0.6 is 23.2 Å². The summed E-state index contributed by atoms with van der Waals surface area (Å²) in [6.07, 6.45) is 0.533. The predicted molar refractivity (Wildman–Crippen MR) is 106 cm³/mol. The molecule has 0 aliphatic rings. The summed E-state index contributed by atoms with van der Waals surface area (Å²) < 4.78 is 31.1. The monoisotopic (exact) mass is 430 g/mol. The lowest BCUT2D eigenvalue weighted by Gasteiger charge is -2.15. The molecule has 0 fully saturated rings. The molecule has 9 heteroatoms. The number of carbonyl (C=O) groups excluding carboxylic acids is 1. The van der Waals surface area contributed by atoms with Crippen molar-refractivity contribution in [1.82, 2.24) is 9.62 Å². The molecule has 0 bridgehead atoms. The molecule has 0 spiro atoms. The largest absolute Gasteiger partial charge is 0.495 e. The highest BCUT2D eigenvalue weighted by Gasteiger charge is 2.23. The van der Waals surface area contributed by atoms with Crippen LogP contribution in [0.15, 0.2) is 41.3 Å². The van der Waals surface area contributed by atoms with Crippen LogP contribution in [-0.4, -0.2) is 46.4 Å². The molecule has 1 N–H and O–H groups in total. The van der Waals surface area contributed by atoms with Crippen LogP contribution in [0.25, 0.3) is 0 Å². The van der Waals surface area contributed by atoms with E-state index in [0.717, 1.165) is 9.87 Å². The van der Waals surface area contributed by atoms with Crippen molar-refractivity contribution < 1.29 is 17.9 Å². The Kier molecular flexibility index (Phi) is 7.11. The van der Waals surface area contributed by atoms with E-state index in [1.165, 1.54) is 39.4 Å². The van der Waals surface area contributed by atoms with E-state index < -0.39 is 10.0 Å². The molecule has 0 heterocycles. The molecule has 0 aliphatic carbocycles. The van der Waals surface area contributed by atoms with Gasteiger partial charge in [0.2, 0.25) is 10.0 Å². The summed E-state index contributed by atoms with van der Waals surface area (Å²) in [5.74, 6) is -0.213.